The molecule has 2 heterocycles. The zero-order valence-corrected chi connectivity index (χ0v) is 17.6. The Morgan fingerprint density at radius 1 is 1.21 bits per heavy atom. The Labute approximate surface area is 171 Å². The number of anilines is 1. The Morgan fingerprint density at radius 3 is 2.76 bits per heavy atom. The molecule has 29 heavy (non-hydrogen) atoms. The first-order valence-electron chi connectivity index (χ1n) is 10.7. The van der Waals surface area contributed by atoms with Gasteiger partial charge in [-0.15, -0.1) is 0 Å². The van der Waals surface area contributed by atoms with Gasteiger partial charge in [0.25, 0.3) is 5.91 Å². The summed E-state index contributed by atoms with van der Waals surface area (Å²) in [4.78, 5) is 29.8. The van der Waals surface area contributed by atoms with Gasteiger partial charge in [-0.1, -0.05) is 6.92 Å². The minimum absolute atomic E-state index is 0.0892. The van der Waals surface area contributed by atoms with Crippen LogP contribution in [0.15, 0.2) is 18.2 Å². The minimum atomic E-state index is -0.478. The number of benzene rings is 1. The molecular weight excluding hydrogens is 370 g/mol. The van der Waals surface area contributed by atoms with Crippen molar-refractivity contribution in [3.63, 3.8) is 0 Å². The number of piperidine rings is 1. The van der Waals surface area contributed by atoms with Gasteiger partial charge in [-0.05, 0) is 57.7 Å². The van der Waals surface area contributed by atoms with Crippen molar-refractivity contribution in [2.45, 2.75) is 52.5 Å². The van der Waals surface area contributed by atoms with Gasteiger partial charge >= 0.3 is 5.97 Å². The number of esters is 1. The maximum atomic E-state index is 12.9. The average Bonchev–Trinajstić information content (AvgIpc) is 3.06. The molecule has 1 amide bonds. The largest absolute Gasteiger partial charge is 0.494 e. The van der Waals surface area contributed by atoms with Crippen LogP contribution < -0.4 is 15.0 Å². The van der Waals surface area contributed by atoms with Gasteiger partial charge < -0.3 is 24.7 Å². The highest BCUT2D eigenvalue weighted by molar-refractivity contribution is 6.11. The van der Waals surface area contributed by atoms with Crippen LogP contribution in [-0.2, 0) is 9.53 Å². The molecule has 1 aromatic heterocycles. The van der Waals surface area contributed by atoms with Crippen molar-refractivity contribution in [1.82, 2.24) is 4.98 Å². The van der Waals surface area contributed by atoms with E-state index >= 15 is 0 Å². The summed E-state index contributed by atoms with van der Waals surface area (Å²) >= 11 is 0. The quantitative estimate of drug-likeness (QED) is 0.593. The number of quaternary nitrogens is 1. The van der Waals surface area contributed by atoms with Crippen LogP contribution in [0.2, 0.25) is 0 Å². The minimum Gasteiger partial charge on any atom is -0.494 e. The Balaban J connectivity index is 1.88. The second-order valence-electron chi connectivity index (χ2n) is 7.47. The van der Waals surface area contributed by atoms with Crippen molar-refractivity contribution < 1.29 is 24.0 Å². The maximum Gasteiger partial charge on any atom is 0.356 e. The van der Waals surface area contributed by atoms with Crippen molar-refractivity contribution in [2.24, 2.45) is 0 Å². The van der Waals surface area contributed by atoms with Crippen LogP contribution in [-0.4, -0.2) is 49.2 Å². The van der Waals surface area contributed by atoms with E-state index < -0.39 is 5.97 Å². The second-order valence-corrected chi connectivity index (χ2v) is 7.47. The predicted octanol–water partition coefficient (Wildman–Crippen LogP) is 2.53. The third-order valence-corrected chi connectivity index (χ3v) is 5.58. The summed E-state index contributed by atoms with van der Waals surface area (Å²) in [6.45, 7) is 8.08. The summed E-state index contributed by atoms with van der Waals surface area (Å²) in [6.07, 6.45) is 4.62. The van der Waals surface area contributed by atoms with Gasteiger partial charge in [0.1, 0.15) is 11.4 Å². The van der Waals surface area contributed by atoms with E-state index in [9.17, 15) is 9.59 Å². The molecule has 7 heteroatoms. The number of rotatable bonds is 8. The number of likely N-dealkylation sites (tertiary alicyclic amines) is 1. The number of amides is 1. The number of ether oxygens (including phenoxy) is 2. The molecule has 0 saturated carbocycles. The van der Waals surface area contributed by atoms with Gasteiger partial charge in [0.2, 0.25) is 0 Å². The summed E-state index contributed by atoms with van der Waals surface area (Å²) in [5, 5.41) is 3.73. The van der Waals surface area contributed by atoms with E-state index in [0.29, 0.717) is 30.6 Å². The van der Waals surface area contributed by atoms with Gasteiger partial charge in [0.05, 0.1) is 31.5 Å². The highest BCUT2D eigenvalue weighted by Crippen LogP contribution is 2.31. The third kappa shape index (κ3) is 4.90. The molecule has 1 aliphatic rings. The number of H-pyrrole nitrogens is 1. The summed E-state index contributed by atoms with van der Waals surface area (Å²) in [5.41, 5.74) is 1.49. The number of fused-ring (bicyclic) bond motifs is 1. The van der Waals surface area contributed by atoms with Gasteiger partial charge in [-0.2, -0.15) is 0 Å². The Hall–Kier alpha value is -2.54. The number of carbonyl (C=O) groups excluding carboxylic acids is 2. The predicted molar refractivity (Wildman–Crippen MR) is 113 cm³/mol. The number of carbonyl (C=O) groups is 2. The first-order chi connectivity index (χ1) is 14.1. The van der Waals surface area contributed by atoms with E-state index in [4.69, 9.17) is 9.47 Å². The number of aromatic nitrogens is 1. The summed E-state index contributed by atoms with van der Waals surface area (Å²) in [5.74, 6) is 0.125. The molecule has 7 nitrogen and oxygen atoms in total. The lowest BCUT2D eigenvalue weighted by Crippen LogP contribution is -3.17. The van der Waals surface area contributed by atoms with Crippen molar-refractivity contribution in [1.29, 1.82) is 0 Å². The van der Waals surface area contributed by atoms with Gasteiger partial charge in [0.15, 0.2) is 6.54 Å². The molecule has 1 unspecified atom stereocenters. The van der Waals surface area contributed by atoms with Crippen LogP contribution in [0.3, 0.4) is 0 Å². The molecule has 0 aliphatic carbocycles. The topological polar surface area (TPSA) is 84.9 Å². The van der Waals surface area contributed by atoms with E-state index in [1.165, 1.54) is 11.3 Å². The first-order valence-corrected chi connectivity index (χ1v) is 10.7. The summed E-state index contributed by atoms with van der Waals surface area (Å²) in [7, 11) is 0. The Morgan fingerprint density at radius 2 is 2.03 bits per heavy atom. The Kier molecular flexibility index (Phi) is 7.14. The highest BCUT2D eigenvalue weighted by Gasteiger charge is 2.28. The lowest BCUT2D eigenvalue weighted by molar-refractivity contribution is -0.923. The van der Waals surface area contributed by atoms with Crippen LogP contribution in [0.1, 0.15) is 56.9 Å². The van der Waals surface area contributed by atoms with E-state index in [1.54, 1.807) is 6.92 Å². The van der Waals surface area contributed by atoms with Crippen molar-refractivity contribution >= 4 is 28.5 Å². The summed E-state index contributed by atoms with van der Waals surface area (Å²) < 4.78 is 10.8. The number of hydrogen-bond acceptors (Lipinski definition) is 4. The molecular formula is C22H32N3O4+. The molecule has 2 aromatic rings. The molecule has 1 fully saturated rings. The van der Waals surface area contributed by atoms with Crippen LogP contribution in [0, 0.1) is 0 Å². The van der Waals surface area contributed by atoms with Crippen LogP contribution in [0.5, 0.6) is 5.75 Å². The summed E-state index contributed by atoms with van der Waals surface area (Å²) in [6, 6.07) is 6.05. The standard InChI is InChI=1S/C22H31N3O4/c1-4-15-9-7-8-12-25(15)14-19(26)24-20-17-13-16(28-5-2)10-11-18(17)23-21(20)22(27)29-6-3/h10-11,13,15,23H,4-9,12,14H2,1-3H3,(H,24,26)/p+1/t15-/m1/s1. The molecule has 1 saturated heterocycles. The van der Waals surface area contributed by atoms with Crippen molar-refractivity contribution in [3.05, 3.63) is 23.9 Å². The lowest BCUT2D eigenvalue weighted by Gasteiger charge is -2.31. The molecule has 0 radical (unpaired) electrons. The molecule has 1 aliphatic heterocycles. The smallest absolute Gasteiger partial charge is 0.356 e. The first kappa shape index (κ1) is 21.2. The fraction of sp³-hybridized carbons (Fsp3) is 0.545. The molecule has 0 bridgehead atoms. The SMILES string of the molecule is CCOC(=O)c1[nH]c2ccc(OCC)cc2c1NC(=O)C[NH+]1CCCC[C@H]1CC. The average molecular weight is 403 g/mol. The zero-order valence-electron chi connectivity index (χ0n) is 17.6. The highest BCUT2D eigenvalue weighted by atomic mass is 16.5. The monoisotopic (exact) mass is 402 g/mol. The second kappa shape index (κ2) is 9.78. The van der Waals surface area contributed by atoms with Crippen molar-refractivity contribution in [2.75, 3.05) is 31.6 Å². The fourth-order valence-electron chi connectivity index (χ4n) is 4.18. The number of hydrogen-bond donors (Lipinski definition) is 3. The molecule has 0 spiro atoms. The molecule has 3 rings (SSSR count). The zero-order chi connectivity index (χ0) is 20.8. The van der Waals surface area contributed by atoms with E-state index in [1.807, 2.05) is 25.1 Å². The van der Waals surface area contributed by atoms with Gasteiger partial charge in [0, 0.05) is 10.9 Å². The lowest BCUT2D eigenvalue weighted by atomic mass is 10.00. The van der Waals surface area contributed by atoms with Crippen molar-refractivity contribution in [3.8, 4) is 5.75 Å². The fourth-order valence-corrected chi connectivity index (χ4v) is 4.18. The molecule has 2 atom stereocenters. The number of nitrogens with one attached hydrogen (secondary N) is 3. The van der Waals surface area contributed by atoms with E-state index in [0.717, 1.165) is 36.7 Å². The maximum absolute atomic E-state index is 12.9. The van der Waals surface area contributed by atoms with Crippen LogP contribution >= 0.6 is 0 Å². The molecule has 158 valence electrons. The van der Waals surface area contributed by atoms with Crippen LogP contribution in [0.25, 0.3) is 10.9 Å². The normalized spacial score (nSPS) is 19.1. The van der Waals surface area contributed by atoms with E-state index in [-0.39, 0.29) is 18.2 Å². The van der Waals surface area contributed by atoms with Gasteiger partial charge in [-0.25, -0.2) is 4.79 Å². The third-order valence-electron chi connectivity index (χ3n) is 5.58. The van der Waals surface area contributed by atoms with Gasteiger partial charge in [-0.3, -0.25) is 4.79 Å². The molecule has 3 N–H and O–H groups in total. The van der Waals surface area contributed by atoms with E-state index in [2.05, 4.69) is 17.2 Å². The van der Waals surface area contributed by atoms with Crippen LogP contribution in [0.4, 0.5) is 5.69 Å². The Bertz CT molecular complexity index is 861. The number of aromatic amines is 1. The molecule has 1 aromatic carbocycles.